The zero-order valence-electron chi connectivity index (χ0n) is 16.7. The number of aromatic nitrogens is 1. The van der Waals surface area contributed by atoms with E-state index in [1.54, 1.807) is 31.2 Å². The van der Waals surface area contributed by atoms with Crippen molar-refractivity contribution in [2.24, 2.45) is 5.73 Å². The van der Waals surface area contributed by atoms with Gasteiger partial charge in [-0.1, -0.05) is 24.3 Å². The molecule has 1 unspecified atom stereocenters. The summed E-state index contributed by atoms with van der Waals surface area (Å²) in [5.74, 6) is -0.673. The Morgan fingerprint density at radius 3 is 2.32 bits per heavy atom. The third kappa shape index (κ3) is 5.16. The Hall–Kier alpha value is -2.24. The van der Waals surface area contributed by atoms with Gasteiger partial charge < -0.3 is 10.8 Å². The van der Waals surface area contributed by atoms with Crippen LogP contribution in [0.4, 0.5) is 0 Å². The fourth-order valence-corrected chi connectivity index (χ4v) is 6.38. The lowest BCUT2D eigenvalue weighted by Gasteiger charge is -2.28. The number of nitrogens with zero attached hydrogens (tertiary/aromatic N) is 2. The second-order valence-electron chi connectivity index (χ2n) is 6.82. The summed E-state index contributed by atoms with van der Waals surface area (Å²) in [5.41, 5.74) is 5.73. The maximum absolute atomic E-state index is 13.5. The van der Waals surface area contributed by atoms with Crippen molar-refractivity contribution in [2.75, 3.05) is 18.8 Å². The molecule has 0 fully saturated rings. The van der Waals surface area contributed by atoms with Gasteiger partial charge >= 0.3 is 0 Å². The average molecular weight is 486 g/mol. The number of halogens is 1. The summed E-state index contributed by atoms with van der Waals surface area (Å²) in [6, 6.07) is 13.2. The number of rotatable bonds is 8. The third-order valence-electron chi connectivity index (χ3n) is 4.85. The minimum atomic E-state index is -4.11. The number of pyridine rings is 1. The Labute approximate surface area is 188 Å². The van der Waals surface area contributed by atoms with E-state index in [9.17, 15) is 21.9 Å². The number of fused-ring (bicyclic) bond motifs is 1. The molecule has 168 valence electrons. The lowest BCUT2D eigenvalue weighted by atomic mass is 10.2. The standard InChI is InChI=1S/C20H23N3O5S2.ClH/c1-15(14-21)23(12-13-29(25,26)16-6-3-2-4-7-16)30(27,28)19-9-5-8-18-17(19)10-11-22-20(18)24;/h2-11,15H,12-14,21H2,1H3,(H,22,24);1H. The highest BCUT2D eigenvalue weighted by Gasteiger charge is 2.31. The third-order valence-corrected chi connectivity index (χ3v) is 8.63. The van der Waals surface area contributed by atoms with Crippen molar-refractivity contribution in [2.45, 2.75) is 22.8 Å². The summed E-state index contributed by atoms with van der Waals surface area (Å²) in [6.45, 7) is 1.38. The summed E-state index contributed by atoms with van der Waals surface area (Å²) in [6.07, 6.45) is 1.31. The molecule has 0 saturated carbocycles. The largest absolute Gasteiger partial charge is 0.493 e. The lowest BCUT2D eigenvalue weighted by Crippen LogP contribution is -2.45. The van der Waals surface area contributed by atoms with Gasteiger partial charge in [-0.2, -0.15) is 4.31 Å². The molecule has 11 heteroatoms. The molecule has 0 saturated heterocycles. The molecular formula is C20H24ClN3O5S2. The molecule has 0 amide bonds. The topological polar surface area (TPSA) is 131 Å². The normalized spacial score (nSPS) is 13.1. The number of nitrogens with two attached hydrogens (primary N) is 1. The van der Waals surface area contributed by atoms with Crippen LogP contribution in [0.3, 0.4) is 0 Å². The zero-order chi connectivity index (χ0) is 21.9. The second-order valence-corrected chi connectivity index (χ2v) is 10.8. The molecule has 0 spiro atoms. The highest BCUT2D eigenvalue weighted by atomic mass is 35.5. The van der Waals surface area contributed by atoms with Crippen molar-refractivity contribution in [3.63, 3.8) is 0 Å². The first-order chi connectivity index (χ1) is 14.2. The van der Waals surface area contributed by atoms with Gasteiger partial charge in [-0.25, -0.2) is 21.8 Å². The van der Waals surface area contributed by atoms with Gasteiger partial charge in [0.15, 0.2) is 9.84 Å². The van der Waals surface area contributed by atoms with Crippen LogP contribution in [0.1, 0.15) is 6.92 Å². The fraction of sp³-hybridized carbons (Fsp3) is 0.250. The average Bonchev–Trinajstić information content (AvgIpc) is 2.74. The quantitative estimate of drug-likeness (QED) is 0.499. The number of sulfonamides is 1. The Morgan fingerprint density at radius 2 is 1.68 bits per heavy atom. The number of sulfone groups is 1. The maximum atomic E-state index is 13.5. The summed E-state index contributed by atoms with van der Waals surface area (Å²) in [4.78, 5) is 3.86. The SMILES string of the molecule is CC(CN)N(CCS(=O)(=O)c1ccccc1)S(=O)(=O)c1cccc2c(O)nccc12.Cl. The number of hydrogen-bond donors (Lipinski definition) is 2. The van der Waals surface area contributed by atoms with Crippen LogP contribution in [0.5, 0.6) is 5.88 Å². The molecule has 3 rings (SSSR count). The first kappa shape index (κ1) is 25.0. The lowest BCUT2D eigenvalue weighted by molar-refractivity contribution is 0.356. The van der Waals surface area contributed by atoms with Crippen molar-refractivity contribution >= 4 is 43.0 Å². The molecule has 0 aliphatic heterocycles. The van der Waals surface area contributed by atoms with Crippen LogP contribution in [0.25, 0.3) is 10.8 Å². The van der Waals surface area contributed by atoms with Crippen molar-refractivity contribution in [3.05, 3.63) is 60.8 Å². The van der Waals surface area contributed by atoms with E-state index in [-0.39, 0.29) is 46.6 Å². The van der Waals surface area contributed by atoms with Crippen LogP contribution >= 0.6 is 12.4 Å². The molecule has 2 aromatic carbocycles. The van der Waals surface area contributed by atoms with Gasteiger partial charge in [0, 0.05) is 36.1 Å². The van der Waals surface area contributed by atoms with E-state index in [4.69, 9.17) is 5.73 Å². The minimum Gasteiger partial charge on any atom is -0.493 e. The Kier molecular flexibility index (Phi) is 8.01. The molecule has 3 aromatic rings. The Bertz CT molecular complexity index is 1250. The first-order valence-electron chi connectivity index (χ1n) is 9.25. The van der Waals surface area contributed by atoms with Crippen LogP contribution in [0.15, 0.2) is 70.6 Å². The van der Waals surface area contributed by atoms with E-state index in [1.807, 2.05) is 0 Å². The van der Waals surface area contributed by atoms with E-state index in [2.05, 4.69) is 4.98 Å². The molecule has 0 aliphatic rings. The predicted molar refractivity (Wildman–Crippen MR) is 122 cm³/mol. The van der Waals surface area contributed by atoms with Gasteiger partial charge in [0.05, 0.1) is 15.5 Å². The fourth-order valence-electron chi connectivity index (χ4n) is 3.16. The van der Waals surface area contributed by atoms with Crippen molar-refractivity contribution < 1.29 is 21.9 Å². The van der Waals surface area contributed by atoms with Gasteiger partial charge in [-0.05, 0) is 37.3 Å². The Balaban J connectivity index is 0.00000341. The molecule has 1 atom stereocenters. The smallest absolute Gasteiger partial charge is 0.244 e. The van der Waals surface area contributed by atoms with Crippen LogP contribution in [0, 0.1) is 0 Å². The molecule has 0 radical (unpaired) electrons. The zero-order valence-corrected chi connectivity index (χ0v) is 19.2. The van der Waals surface area contributed by atoms with Gasteiger partial charge in [0.1, 0.15) is 0 Å². The van der Waals surface area contributed by atoms with Crippen LogP contribution in [0.2, 0.25) is 0 Å². The highest BCUT2D eigenvalue weighted by molar-refractivity contribution is 7.91. The summed E-state index contributed by atoms with van der Waals surface area (Å²) in [5, 5.41) is 10.6. The van der Waals surface area contributed by atoms with Gasteiger partial charge in [0.25, 0.3) is 0 Å². The molecule has 0 bridgehead atoms. The van der Waals surface area contributed by atoms with Gasteiger partial charge in [-0.3, -0.25) is 0 Å². The van der Waals surface area contributed by atoms with Crippen molar-refractivity contribution in [3.8, 4) is 5.88 Å². The molecule has 31 heavy (non-hydrogen) atoms. The monoisotopic (exact) mass is 485 g/mol. The van der Waals surface area contributed by atoms with Crippen LogP contribution in [-0.4, -0.2) is 56.1 Å². The van der Waals surface area contributed by atoms with Crippen molar-refractivity contribution in [1.82, 2.24) is 9.29 Å². The number of aromatic hydroxyl groups is 1. The van der Waals surface area contributed by atoms with Gasteiger partial charge in [-0.15, -0.1) is 12.4 Å². The van der Waals surface area contributed by atoms with E-state index in [1.165, 1.54) is 36.5 Å². The minimum absolute atomic E-state index is 0. The first-order valence-corrected chi connectivity index (χ1v) is 12.3. The van der Waals surface area contributed by atoms with E-state index in [0.29, 0.717) is 5.39 Å². The van der Waals surface area contributed by atoms with Crippen molar-refractivity contribution in [1.29, 1.82) is 0 Å². The Morgan fingerprint density at radius 1 is 1.00 bits per heavy atom. The highest BCUT2D eigenvalue weighted by Crippen LogP contribution is 2.30. The van der Waals surface area contributed by atoms with Gasteiger partial charge in [0.2, 0.25) is 15.9 Å². The van der Waals surface area contributed by atoms with Crippen LogP contribution < -0.4 is 5.73 Å². The van der Waals surface area contributed by atoms with E-state index in [0.717, 1.165) is 4.31 Å². The maximum Gasteiger partial charge on any atom is 0.244 e. The molecule has 0 aliphatic carbocycles. The molecule has 8 nitrogen and oxygen atoms in total. The molecular weight excluding hydrogens is 462 g/mol. The summed E-state index contributed by atoms with van der Waals surface area (Å²) in [7, 11) is -7.80. The van der Waals surface area contributed by atoms with E-state index < -0.39 is 31.7 Å². The number of benzene rings is 2. The molecule has 3 N–H and O–H groups in total. The summed E-state index contributed by atoms with van der Waals surface area (Å²) >= 11 is 0. The second kappa shape index (κ2) is 9.92. The van der Waals surface area contributed by atoms with E-state index >= 15 is 0 Å². The number of hydrogen-bond acceptors (Lipinski definition) is 7. The van der Waals surface area contributed by atoms with Crippen LogP contribution in [-0.2, 0) is 19.9 Å². The molecule has 1 aromatic heterocycles. The predicted octanol–water partition coefficient (Wildman–Crippen LogP) is 2.17. The molecule has 1 heterocycles. The summed E-state index contributed by atoms with van der Waals surface area (Å²) < 4.78 is 53.4.